The first-order chi connectivity index (χ1) is 8.22. The Kier molecular flexibility index (Phi) is 2.68. The lowest BCUT2D eigenvalue weighted by Gasteiger charge is -2.01. The summed E-state index contributed by atoms with van der Waals surface area (Å²) in [6, 6.07) is 8.50. The third kappa shape index (κ3) is 2.10. The van der Waals surface area contributed by atoms with Crippen molar-refractivity contribution in [3.63, 3.8) is 0 Å². The molecular weight excluding hydrogens is 296 g/mol. The molecule has 0 saturated heterocycles. The van der Waals surface area contributed by atoms with E-state index in [1.54, 1.807) is 11.3 Å². The Morgan fingerprint density at radius 1 is 1.06 bits per heavy atom. The predicted octanol–water partition coefficient (Wildman–Crippen LogP) is 4.43. The van der Waals surface area contributed by atoms with Crippen molar-refractivity contribution < 1.29 is 0 Å². The zero-order chi connectivity index (χ0) is 11.8. The number of aryl methyl sites for hydroxylation is 1. The molecule has 0 radical (unpaired) electrons. The van der Waals surface area contributed by atoms with Crippen molar-refractivity contribution in [3.8, 4) is 10.4 Å². The molecule has 3 rings (SSSR count). The SMILES string of the molecule is Cc1cc2cc(-c3cnc(Br)s3)ccc2cn1. The van der Waals surface area contributed by atoms with Gasteiger partial charge < -0.3 is 0 Å². The molecule has 0 N–H and O–H groups in total. The lowest BCUT2D eigenvalue weighted by Crippen LogP contribution is -1.81. The summed E-state index contributed by atoms with van der Waals surface area (Å²) in [6.45, 7) is 2.01. The van der Waals surface area contributed by atoms with E-state index in [0.717, 1.165) is 9.61 Å². The number of hydrogen-bond acceptors (Lipinski definition) is 3. The van der Waals surface area contributed by atoms with Crippen molar-refractivity contribution in [3.05, 3.63) is 46.3 Å². The van der Waals surface area contributed by atoms with Gasteiger partial charge >= 0.3 is 0 Å². The summed E-state index contributed by atoms with van der Waals surface area (Å²) >= 11 is 5.03. The monoisotopic (exact) mass is 304 g/mol. The molecule has 4 heteroatoms. The smallest absolute Gasteiger partial charge is 0.159 e. The minimum atomic E-state index is 0.915. The van der Waals surface area contributed by atoms with Gasteiger partial charge in [-0.25, -0.2) is 4.98 Å². The third-order valence-corrected chi connectivity index (χ3v) is 4.15. The Hall–Kier alpha value is -1.26. The minimum Gasteiger partial charge on any atom is -0.261 e. The largest absolute Gasteiger partial charge is 0.261 e. The average Bonchev–Trinajstić information content (AvgIpc) is 2.75. The fourth-order valence-corrected chi connectivity index (χ4v) is 3.05. The Morgan fingerprint density at radius 3 is 2.71 bits per heavy atom. The van der Waals surface area contributed by atoms with E-state index < -0.39 is 0 Å². The predicted molar refractivity (Wildman–Crippen MR) is 75.3 cm³/mol. The zero-order valence-electron chi connectivity index (χ0n) is 9.14. The van der Waals surface area contributed by atoms with E-state index in [1.807, 2.05) is 19.3 Å². The number of pyridine rings is 1. The second kappa shape index (κ2) is 4.20. The van der Waals surface area contributed by atoms with Crippen LogP contribution in [0, 0.1) is 6.92 Å². The van der Waals surface area contributed by atoms with Crippen LogP contribution in [0.3, 0.4) is 0 Å². The lowest BCUT2D eigenvalue weighted by atomic mass is 10.1. The van der Waals surface area contributed by atoms with Gasteiger partial charge in [-0.1, -0.05) is 12.1 Å². The van der Waals surface area contributed by atoms with Crippen LogP contribution in [0.15, 0.2) is 40.6 Å². The van der Waals surface area contributed by atoms with Gasteiger partial charge in [-0.05, 0) is 45.9 Å². The number of aromatic nitrogens is 2. The van der Waals surface area contributed by atoms with E-state index >= 15 is 0 Å². The van der Waals surface area contributed by atoms with Crippen molar-refractivity contribution in [2.45, 2.75) is 6.92 Å². The maximum atomic E-state index is 4.30. The van der Waals surface area contributed by atoms with Crippen LogP contribution in [0.1, 0.15) is 5.69 Å². The van der Waals surface area contributed by atoms with Gasteiger partial charge in [0.1, 0.15) is 0 Å². The molecule has 84 valence electrons. The molecule has 0 saturated carbocycles. The van der Waals surface area contributed by atoms with Crippen molar-refractivity contribution in [1.82, 2.24) is 9.97 Å². The van der Waals surface area contributed by atoms with E-state index in [0.29, 0.717) is 0 Å². The van der Waals surface area contributed by atoms with Crippen molar-refractivity contribution >= 4 is 38.0 Å². The second-order valence-electron chi connectivity index (χ2n) is 3.87. The molecule has 0 fully saturated rings. The summed E-state index contributed by atoms with van der Waals surface area (Å²) in [5, 5.41) is 2.39. The van der Waals surface area contributed by atoms with Crippen molar-refractivity contribution in [2.24, 2.45) is 0 Å². The van der Waals surface area contributed by atoms with Gasteiger partial charge in [-0.15, -0.1) is 11.3 Å². The number of halogens is 1. The second-order valence-corrected chi connectivity index (χ2v) is 6.17. The van der Waals surface area contributed by atoms with Crippen LogP contribution < -0.4 is 0 Å². The molecule has 1 aromatic carbocycles. The van der Waals surface area contributed by atoms with Crippen molar-refractivity contribution in [1.29, 1.82) is 0 Å². The number of hydrogen-bond donors (Lipinski definition) is 0. The first-order valence-corrected chi connectivity index (χ1v) is 6.81. The molecule has 0 spiro atoms. The van der Waals surface area contributed by atoms with Gasteiger partial charge in [0.2, 0.25) is 0 Å². The van der Waals surface area contributed by atoms with E-state index in [9.17, 15) is 0 Å². The summed E-state index contributed by atoms with van der Waals surface area (Å²) in [5.41, 5.74) is 2.24. The molecule has 0 aliphatic rings. The molecule has 0 amide bonds. The molecule has 0 aliphatic heterocycles. The van der Waals surface area contributed by atoms with Gasteiger partial charge in [-0.3, -0.25) is 4.98 Å². The summed E-state index contributed by atoms with van der Waals surface area (Å²) < 4.78 is 0.915. The first kappa shape index (κ1) is 10.9. The third-order valence-electron chi connectivity index (χ3n) is 2.62. The Labute approximate surface area is 111 Å². The van der Waals surface area contributed by atoms with Crippen LogP contribution in [0.25, 0.3) is 21.2 Å². The number of thiazole rings is 1. The van der Waals surface area contributed by atoms with Gasteiger partial charge in [0.05, 0.1) is 4.88 Å². The number of rotatable bonds is 1. The van der Waals surface area contributed by atoms with Crippen LogP contribution >= 0.6 is 27.3 Å². The molecule has 2 aromatic heterocycles. The topological polar surface area (TPSA) is 25.8 Å². The van der Waals surface area contributed by atoms with E-state index in [-0.39, 0.29) is 0 Å². The summed E-state index contributed by atoms with van der Waals surface area (Å²) in [4.78, 5) is 9.68. The number of benzene rings is 1. The molecular formula is C13H9BrN2S. The maximum Gasteiger partial charge on any atom is 0.159 e. The molecule has 0 unspecified atom stereocenters. The van der Waals surface area contributed by atoms with E-state index in [2.05, 4.69) is 50.2 Å². The van der Waals surface area contributed by atoms with Gasteiger partial charge in [-0.2, -0.15) is 0 Å². The van der Waals surface area contributed by atoms with Crippen LogP contribution in [0.2, 0.25) is 0 Å². The summed E-state index contributed by atoms with van der Waals surface area (Å²) in [6.07, 6.45) is 3.81. The quantitative estimate of drug-likeness (QED) is 0.664. The van der Waals surface area contributed by atoms with Gasteiger partial charge in [0.25, 0.3) is 0 Å². The lowest BCUT2D eigenvalue weighted by molar-refractivity contribution is 1.22. The molecule has 2 nitrogen and oxygen atoms in total. The van der Waals surface area contributed by atoms with Crippen LogP contribution in [-0.4, -0.2) is 9.97 Å². The highest BCUT2D eigenvalue weighted by molar-refractivity contribution is 9.11. The minimum absolute atomic E-state index is 0.915. The fourth-order valence-electron chi connectivity index (χ4n) is 1.79. The molecule has 0 bridgehead atoms. The highest BCUT2D eigenvalue weighted by Crippen LogP contribution is 2.30. The number of nitrogens with zero attached hydrogens (tertiary/aromatic N) is 2. The molecule has 17 heavy (non-hydrogen) atoms. The van der Waals surface area contributed by atoms with E-state index in [4.69, 9.17) is 0 Å². The molecule has 0 aliphatic carbocycles. The molecule has 3 aromatic rings. The fraction of sp³-hybridized carbons (Fsp3) is 0.0769. The Bertz CT molecular complexity index is 691. The van der Waals surface area contributed by atoms with Crippen molar-refractivity contribution in [2.75, 3.05) is 0 Å². The molecule has 2 heterocycles. The Morgan fingerprint density at radius 2 is 1.94 bits per heavy atom. The normalized spacial score (nSPS) is 10.9. The summed E-state index contributed by atoms with van der Waals surface area (Å²) in [5.74, 6) is 0. The maximum absolute atomic E-state index is 4.30. The Balaban J connectivity index is 2.18. The van der Waals surface area contributed by atoms with Gasteiger partial charge in [0.15, 0.2) is 3.92 Å². The van der Waals surface area contributed by atoms with Crippen LogP contribution in [0.5, 0.6) is 0 Å². The average molecular weight is 305 g/mol. The highest BCUT2D eigenvalue weighted by Gasteiger charge is 2.04. The summed E-state index contributed by atoms with van der Waals surface area (Å²) in [7, 11) is 0. The van der Waals surface area contributed by atoms with Crippen LogP contribution in [0.4, 0.5) is 0 Å². The first-order valence-electron chi connectivity index (χ1n) is 5.20. The standard InChI is InChI=1S/C13H9BrN2S/c1-8-4-11-5-9(2-3-10(11)6-15-8)12-7-16-13(14)17-12/h2-7H,1H3. The van der Waals surface area contributed by atoms with Gasteiger partial charge in [0, 0.05) is 23.5 Å². The van der Waals surface area contributed by atoms with E-state index in [1.165, 1.54) is 21.2 Å². The number of fused-ring (bicyclic) bond motifs is 1. The van der Waals surface area contributed by atoms with Crippen LogP contribution in [-0.2, 0) is 0 Å². The zero-order valence-corrected chi connectivity index (χ0v) is 11.5. The molecule has 0 atom stereocenters. The highest BCUT2D eigenvalue weighted by atomic mass is 79.9.